The molecule has 0 bridgehead atoms. The summed E-state index contributed by atoms with van der Waals surface area (Å²) in [5.74, 6) is -0.701. The van der Waals surface area contributed by atoms with Gasteiger partial charge < -0.3 is 14.6 Å². The number of carbonyl (C=O) groups is 2. The summed E-state index contributed by atoms with van der Waals surface area (Å²) in [6.45, 7) is 2.39. The van der Waals surface area contributed by atoms with Gasteiger partial charge in [0.15, 0.2) is 0 Å². The summed E-state index contributed by atoms with van der Waals surface area (Å²) in [6, 6.07) is 20.9. The summed E-state index contributed by atoms with van der Waals surface area (Å²) in [7, 11) is 0. The van der Waals surface area contributed by atoms with Crippen molar-refractivity contribution in [3.05, 3.63) is 83.4 Å². The van der Waals surface area contributed by atoms with Gasteiger partial charge in [-0.05, 0) is 47.4 Å². The first-order valence-corrected chi connectivity index (χ1v) is 10.2. The zero-order valence-corrected chi connectivity index (χ0v) is 16.9. The standard InChI is InChI=1S/C25H21NO5/c1-15-13-26(22-11-10-16(24(27)28)12-23(22)31-15)25(29)30-14-21-19-8-4-2-6-17(19)18-7-3-5-9-20(18)21/h2-12,15,21H,13-14H2,1H3,(H,27,28). The third-order valence-corrected chi connectivity index (χ3v) is 5.82. The number of aromatic carboxylic acids is 1. The molecule has 0 aromatic heterocycles. The van der Waals surface area contributed by atoms with Gasteiger partial charge in [0.05, 0.1) is 17.8 Å². The summed E-state index contributed by atoms with van der Waals surface area (Å²) in [5.41, 5.74) is 5.27. The SMILES string of the molecule is CC1CN(C(=O)OCC2c3ccccc3-c3ccccc32)c2ccc(C(=O)O)cc2O1. The van der Waals surface area contributed by atoms with Crippen LogP contribution < -0.4 is 9.64 Å². The van der Waals surface area contributed by atoms with E-state index >= 15 is 0 Å². The Morgan fingerprint density at radius 1 is 1.03 bits per heavy atom. The molecule has 1 heterocycles. The molecule has 1 aliphatic carbocycles. The van der Waals surface area contributed by atoms with Crippen LogP contribution in [-0.4, -0.2) is 36.4 Å². The fourth-order valence-electron chi connectivity index (χ4n) is 4.42. The molecule has 3 aromatic rings. The van der Waals surface area contributed by atoms with Crippen LogP contribution in [0.5, 0.6) is 5.75 Å². The molecule has 1 unspecified atom stereocenters. The van der Waals surface area contributed by atoms with Crippen LogP contribution in [0, 0.1) is 0 Å². The molecule has 1 amide bonds. The molecule has 6 nitrogen and oxygen atoms in total. The average Bonchev–Trinajstić information content (AvgIpc) is 3.10. The second kappa shape index (κ2) is 7.47. The summed E-state index contributed by atoms with van der Waals surface area (Å²) in [4.78, 5) is 25.8. The number of hydrogen-bond donors (Lipinski definition) is 1. The zero-order valence-electron chi connectivity index (χ0n) is 16.9. The first-order chi connectivity index (χ1) is 15.0. The first kappa shape index (κ1) is 19.2. The Morgan fingerprint density at radius 2 is 1.68 bits per heavy atom. The van der Waals surface area contributed by atoms with E-state index < -0.39 is 12.1 Å². The van der Waals surface area contributed by atoms with E-state index in [1.54, 1.807) is 6.07 Å². The monoisotopic (exact) mass is 415 g/mol. The molecule has 156 valence electrons. The van der Waals surface area contributed by atoms with Crippen LogP contribution in [-0.2, 0) is 4.74 Å². The number of amides is 1. The minimum absolute atomic E-state index is 0.0244. The number of carboxylic acid groups (broad SMARTS) is 1. The minimum atomic E-state index is -1.04. The van der Waals surface area contributed by atoms with Crippen LogP contribution in [0.4, 0.5) is 10.5 Å². The van der Waals surface area contributed by atoms with Gasteiger partial charge in [-0.1, -0.05) is 48.5 Å². The Balaban J connectivity index is 1.39. The maximum atomic E-state index is 13.0. The van der Waals surface area contributed by atoms with Crippen molar-refractivity contribution in [1.82, 2.24) is 0 Å². The lowest BCUT2D eigenvalue weighted by Gasteiger charge is -2.33. The number of nitrogens with zero attached hydrogens (tertiary/aromatic N) is 1. The Morgan fingerprint density at radius 3 is 2.32 bits per heavy atom. The smallest absolute Gasteiger partial charge is 0.414 e. The van der Waals surface area contributed by atoms with Crippen LogP contribution in [0.25, 0.3) is 11.1 Å². The maximum absolute atomic E-state index is 13.0. The van der Waals surface area contributed by atoms with Gasteiger partial charge in [0.2, 0.25) is 0 Å². The van der Waals surface area contributed by atoms with Gasteiger partial charge in [-0.25, -0.2) is 9.59 Å². The van der Waals surface area contributed by atoms with Crippen molar-refractivity contribution in [2.24, 2.45) is 0 Å². The minimum Gasteiger partial charge on any atom is -0.487 e. The number of carbonyl (C=O) groups excluding carboxylic acids is 1. The van der Waals surface area contributed by atoms with E-state index in [1.165, 1.54) is 28.2 Å². The molecule has 2 aliphatic rings. The molecule has 0 spiro atoms. The lowest BCUT2D eigenvalue weighted by molar-refractivity contribution is 0.0696. The van der Waals surface area contributed by atoms with Gasteiger partial charge in [0.1, 0.15) is 18.5 Å². The topological polar surface area (TPSA) is 76.1 Å². The summed E-state index contributed by atoms with van der Waals surface area (Å²) < 4.78 is 11.5. The highest BCUT2D eigenvalue weighted by Gasteiger charge is 2.32. The lowest BCUT2D eigenvalue weighted by Crippen LogP contribution is -2.43. The van der Waals surface area contributed by atoms with E-state index in [9.17, 15) is 14.7 Å². The molecular weight excluding hydrogens is 394 g/mol. The van der Waals surface area contributed by atoms with Crippen LogP contribution in [0.15, 0.2) is 66.7 Å². The van der Waals surface area contributed by atoms with Crippen LogP contribution >= 0.6 is 0 Å². The lowest BCUT2D eigenvalue weighted by atomic mass is 9.98. The average molecular weight is 415 g/mol. The Bertz CT molecular complexity index is 1140. The fraction of sp³-hybridized carbons (Fsp3) is 0.200. The number of ether oxygens (including phenoxy) is 2. The number of anilines is 1. The van der Waals surface area contributed by atoms with Gasteiger partial charge in [-0.2, -0.15) is 0 Å². The molecule has 0 saturated heterocycles. The van der Waals surface area contributed by atoms with E-state index in [-0.39, 0.29) is 24.2 Å². The fourth-order valence-corrected chi connectivity index (χ4v) is 4.42. The van der Waals surface area contributed by atoms with Crippen LogP contribution in [0.2, 0.25) is 0 Å². The highest BCUT2D eigenvalue weighted by Crippen LogP contribution is 2.44. The molecular formula is C25H21NO5. The van der Waals surface area contributed by atoms with Crippen LogP contribution in [0.1, 0.15) is 34.3 Å². The highest BCUT2D eigenvalue weighted by molar-refractivity contribution is 5.94. The zero-order chi connectivity index (χ0) is 21.5. The molecule has 3 aromatic carbocycles. The largest absolute Gasteiger partial charge is 0.487 e. The van der Waals surface area contributed by atoms with Crippen molar-refractivity contribution in [2.45, 2.75) is 18.9 Å². The van der Waals surface area contributed by atoms with E-state index in [0.29, 0.717) is 18.0 Å². The van der Waals surface area contributed by atoms with E-state index in [2.05, 4.69) is 24.3 Å². The van der Waals surface area contributed by atoms with Crippen molar-refractivity contribution >= 4 is 17.7 Å². The van der Waals surface area contributed by atoms with Crippen molar-refractivity contribution in [1.29, 1.82) is 0 Å². The maximum Gasteiger partial charge on any atom is 0.414 e. The predicted octanol–water partition coefficient (Wildman–Crippen LogP) is 4.92. The molecule has 6 heteroatoms. The molecule has 0 fully saturated rings. The number of carboxylic acids is 1. The number of benzene rings is 3. The number of hydrogen-bond acceptors (Lipinski definition) is 4. The quantitative estimate of drug-likeness (QED) is 0.657. The molecule has 1 N–H and O–H groups in total. The van der Waals surface area contributed by atoms with Gasteiger partial charge in [0, 0.05) is 5.92 Å². The van der Waals surface area contributed by atoms with Crippen molar-refractivity contribution in [3.8, 4) is 16.9 Å². The normalized spacial score (nSPS) is 16.7. The summed E-state index contributed by atoms with van der Waals surface area (Å²) in [5, 5.41) is 9.23. The van der Waals surface area contributed by atoms with Crippen molar-refractivity contribution in [3.63, 3.8) is 0 Å². The number of fused-ring (bicyclic) bond motifs is 4. The van der Waals surface area contributed by atoms with E-state index in [4.69, 9.17) is 9.47 Å². The summed E-state index contributed by atoms with van der Waals surface area (Å²) >= 11 is 0. The second-order valence-electron chi connectivity index (χ2n) is 7.83. The molecule has 0 radical (unpaired) electrons. The Kier molecular flexibility index (Phi) is 4.62. The molecule has 1 aliphatic heterocycles. The Labute approximate surface area is 179 Å². The third-order valence-electron chi connectivity index (χ3n) is 5.82. The number of rotatable bonds is 3. The molecule has 31 heavy (non-hydrogen) atoms. The second-order valence-corrected chi connectivity index (χ2v) is 7.83. The third kappa shape index (κ3) is 3.30. The van der Waals surface area contributed by atoms with Crippen LogP contribution in [0.3, 0.4) is 0 Å². The van der Waals surface area contributed by atoms with Gasteiger partial charge in [-0.15, -0.1) is 0 Å². The predicted molar refractivity (Wildman–Crippen MR) is 116 cm³/mol. The van der Waals surface area contributed by atoms with Crippen molar-refractivity contribution in [2.75, 3.05) is 18.1 Å². The molecule has 5 rings (SSSR count). The van der Waals surface area contributed by atoms with E-state index in [0.717, 1.165) is 11.1 Å². The first-order valence-electron chi connectivity index (χ1n) is 10.2. The molecule has 0 saturated carbocycles. The molecule has 1 atom stereocenters. The summed E-state index contributed by atoms with van der Waals surface area (Å²) in [6.07, 6.45) is -0.752. The van der Waals surface area contributed by atoms with Crippen molar-refractivity contribution < 1.29 is 24.2 Å². The Hall–Kier alpha value is -3.80. The van der Waals surface area contributed by atoms with Gasteiger partial charge in [-0.3, -0.25) is 4.90 Å². The van der Waals surface area contributed by atoms with Gasteiger partial charge in [0.25, 0.3) is 0 Å². The highest BCUT2D eigenvalue weighted by atomic mass is 16.6. The van der Waals surface area contributed by atoms with Gasteiger partial charge >= 0.3 is 12.1 Å². The van der Waals surface area contributed by atoms with E-state index in [1.807, 2.05) is 31.2 Å².